The molecule has 1 aliphatic carbocycles. The van der Waals surface area contributed by atoms with Crippen molar-refractivity contribution < 1.29 is 9.84 Å². The molecule has 2 heteroatoms. The third-order valence-electron chi connectivity index (χ3n) is 4.47. The highest BCUT2D eigenvalue weighted by Crippen LogP contribution is 2.32. The highest BCUT2D eigenvalue weighted by Gasteiger charge is 2.27. The van der Waals surface area contributed by atoms with Crippen LogP contribution in [0.15, 0.2) is 30.3 Å². The normalized spacial score (nSPS) is 20.1. The summed E-state index contributed by atoms with van der Waals surface area (Å²) >= 11 is 0. The van der Waals surface area contributed by atoms with Crippen molar-refractivity contribution in [2.45, 2.75) is 51.7 Å². The molecule has 2 atom stereocenters. The van der Waals surface area contributed by atoms with Crippen LogP contribution in [-0.4, -0.2) is 17.8 Å². The Morgan fingerprint density at radius 1 is 1.16 bits per heavy atom. The summed E-state index contributed by atoms with van der Waals surface area (Å²) in [7, 11) is 0. The third-order valence-corrected chi connectivity index (χ3v) is 4.47. The predicted molar refractivity (Wildman–Crippen MR) is 77.8 cm³/mol. The van der Waals surface area contributed by atoms with Crippen LogP contribution in [0.1, 0.15) is 44.6 Å². The van der Waals surface area contributed by atoms with Gasteiger partial charge in [0.05, 0.1) is 19.3 Å². The second kappa shape index (κ2) is 7.66. The van der Waals surface area contributed by atoms with Crippen molar-refractivity contribution in [3.05, 3.63) is 35.9 Å². The molecule has 106 valence electrons. The summed E-state index contributed by atoms with van der Waals surface area (Å²) in [4.78, 5) is 0. The maximum Gasteiger partial charge on any atom is 0.0838 e. The molecular weight excluding hydrogens is 236 g/mol. The standard InChI is InChI=1S/C17H26O2/c1-14(16-10-6-3-7-11-16)17(12-18)19-13-15-8-4-2-5-9-15/h2,4-5,8-9,14,16-18H,3,6-7,10-13H2,1H3/t14-,17+/m1/s1. The van der Waals surface area contributed by atoms with Crippen molar-refractivity contribution in [1.29, 1.82) is 0 Å². The Morgan fingerprint density at radius 3 is 2.47 bits per heavy atom. The molecule has 0 spiro atoms. The van der Waals surface area contributed by atoms with Crippen molar-refractivity contribution >= 4 is 0 Å². The lowest BCUT2D eigenvalue weighted by molar-refractivity contribution is -0.0473. The maximum absolute atomic E-state index is 9.58. The van der Waals surface area contributed by atoms with Gasteiger partial charge >= 0.3 is 0 Å². The molecule has 0 unspecified atom stereocenters. The Hall–Kier alpha value is -0.860. The molecule has 1 aromatic carbocycles. The molecule has 0 bridgehead atoms. The Bertz CT molecular complexity index is 344. The lowest BCUT2D eigenvalue weighted by Gasteiger charge is -2.32. The fourth-order valence-corrected chi connectivity index (χ4v) is 3.11. The molecule has 0 heterocycles. The van der Waals surface area contributed by atoms with Gasteiger partial charge in [0.2, 0.25) is 0 Å². The van der Waals surface area contributed by atoms with Gasteiger partial charge in [-0.05, 0) is 17.4 Å². The van der Waals surface area contributed by atoms with E-state index in [1.165, 1.54) is 37.7 Å². The highest BCUT2D eigenvalue weighted by molar-refractivity contribution is 5.13. The van der Waals surface area contributed by atoms with Gasteiger partial charge in [0, 0.05) is 0 Å². The minimum atomic E-state index is -0.0247. The first-order chi connectivity index (χ1) is 9.31. The van der Waals surface area contributed by atoms with Crippen LogP contribution in [0.5, 0.6) is 0 Å². The number of hydrogen-bond donors (Lipinski definition) is 1. The lowest BCUT2D eigenvalue weighted by Crippen LogP contribution is -2.32. The van der Waals surface area contributed by atoms with E-state index in [2.05, 4.69) is 19.1 Å². The molecule has 0 aliphatic heterocycles. The summed E-state index contributed by atoms with van der Waals surface area (Å²) in [6, 6.07) is 10.2. The lowest BCUT2D eigenvalue weighted by atomic mass is 9.78. The molecule has 1 fully saturated rings. The topological polar surface area (TPSA) is 29.5 Å². The van der Waals surface area contributed by atoms with Crippen molar-refractivity contribution in [1.82, 2.24) is 0 Å². The van der Waals surface area contributed by atoms with E-state index in [0.29, 0.717) is 12.5 Å². The molecule has 1 saturated carbocycles. The van der Waals surface area contributed by atoms with Crippen LogP contribution in [0, 0.1) is 11.8 Å². The Kier molecular flexibility index (Phi) is 5.87. The molecule has 1 N–H and O–H groups in total. The molecule has 0 radical (unpaired) electrons. The molecule has 0 saturated heterocycles. The summed E-state index contributed by atoms with van der Waals surface area (Å²) in [5, 5.41) is 9.58. The smallest absolute Gasteiger partial charge is 0.0838 e. The average molecular weight is 262 g/mol. The van der Waals surface area contributed by atoms with Gasteiger partial charge in [0.1, 0.15) is 0 Å². The van der Waals surface area contributed by atoms with Crippen LogP contribution >= 0.6 is 0 Å². The van der Waals surface area contributed by atoms with Crippen LogP contribution in [0.3, 0.4) is 0 Å². The summed E-state index contributed by atoms with van der Waals surface area (Å²) in [5.41, 5.74) is 1.18. The van der Waals surface area contributed by atoms with Gasteiger partial charge in [-0.25, -0.2) is 0 Å². The van der Waals surface area contributed by atoms with Crippen molar-refractivity contribution in [3.8, 4) is 0 Å². The van der Waals surface area contributed by atoms with Crippen LogP contribution in [-0.2, 0) is 11.3 Å². The molecule has 1 aliphatic rings. The van der Waals surface area contributed by atoms with Crippen LogP contribution < -0.4 is 0 Å². The number of aliphatic hydroxyl groups is 1. The first-order valence-corrected chi connectivity index (χ1v) is 7.57. The number of ether oxygens (including phenoxy) is 1. The molecule has 0 aromatic heterocycles. The largest absolute Gasteiger partial charge is 0.394 e. The van der Waals surface area contributed by atoms with Crippen LogP contribution in [0.2, 0.25) is 0 Å². The van der Waals surface area contributed by atoms with Gasteiger partial charge in [-0.15, -0.1) is 0 Å². The number of aliphatic hydroxyl groups excluding tert-OH is 1. The molecule has 0 amide bonds. The van der Waals surface area contributed by atoms with E-state index in [0.717, 1.165) is 5.92 Å². The van der Waals surface area contributed by atoms with E-state index in [4.69, 9.17) is 4.74 Å². The van der Waals surface area contributed by atoms with E-state index in [1.807, 2.05) is 18.2 Å². The summed E-state index contributed by atoms with van der Waals surface area (Å²) < 4.78 is 5.94. The molecule has 19 heavy (non-hydrogen) atoms. The minimum absolute atomic E-state index is 0.0247. The fourth-order valence-electron chi connectivity index (χ4n) is 3.11. The summed E-state index contributed by atoms with van der Waals surface area (Å²) in [6.45, 7) is 2.97. The molecular formula is C17H26O2. The van der Waals surface area contributed by atoms with Gasteiger partial charge in [-0.2, -0.15) is 0 Å². The molecule has 1 aromatic rings. The SMILES string of the molecule is C[C@H](C1CCCCC1)[C@H](CO)OCc1ccccc1. The number of benzene rings is 1. The fraction of sp³-hybridized carbons (Fsp3) is 0.647. The van der Waals surface area contributed by atoms with Crippen LogP contribution in [0.4, 0.5) is 0 Å². The zero-order valence-corrected chi connectivity index (χ0v) is 11.9. The zero-order chi connectivity index (χ0) is 13.5. The second-order valence-corrected chi connectivity index (χ2v) is 5.77. The minimum Gasteiger partial charge on any atom is -0.394 e. The van der Waals surface area contributed by atoms with Crippen molar-refractivity contribution in [2.24, 2.45) is 11.8 Å². The van der Waals surface area contributed by atoms with E-state index < -0.39 is 0 Å². The number of hydrogen-bond acceptors (Lipinski definition) is 2. The van der Waals surface area contributed by atoms with E-state index in [1.54, 1.807) is 0 Å². The predicted octanol–water partition coefficient (Wildman–Crippen LogP) is 3.78. The molecule has 2 rings (SSSR count). The second-order valence-electron chi connectivity index (χ2n) is 5.77. The quantitative estimate of drug-likeness (QED) is 0.845. The Labute approximate surface area is 116 Å². The van der Waals surface area contributed by atoms with Crippen molar-refractivity contribution in [2.75, 3.05) is 6.61 Å². The maximum atomic E-state index is 9.58. The van der Waals surface area contributed by atoms with Gasteiger partial charge in [-0.1, -0.05) is 69.4 Å². The number of rotatable bonds is 6. The summed E-state index contributed by atoms with van der Waals surface area (Å²) in [5.74, 6) is 1.18. The van der Waals surface area contributed by atoms with E-state index >= 15 is 0 Å². The molecule has 2 nitrogen and oxygen atoms in total. The first-order valence-electron chi connectivity index (χ1n) is 7.57. The first kappa shape index (κ1) is 14.5. The Morgan fingerprint density at radius 2 is 1.84 bits per heavy atom. The summed E-state index contributed by atoms with van der Waals surface area (Å²) in [6.07, 6.45) is 6.62. The van der Waals surface area contributed by atoms with Gasteiger partial charge in [0.25, 0.3) is 0 Å². The van der Waals surface area contributed by atoms with Gasteiger partial charge in [0.15, 0.2) is 0 Å². The van der Waals surface area contributed by atoms with E-state index in [-0.39, 0.29) is 12.7 Å². The average Bonchev–Trinajstić information content (AvgIpc) is 2.49. The Balaban J connectivity index is 1.84. The van der Waals surface area contributed by atoms with Crippen LogP contribution in [0.25, 0.3) is 0 Å². The monoisotopic (exact) mass is 262 g/mol. The van der Waals surface area contributed by atoms with Crippen molar-refractivity contribution in [3.63, 3.8) is 0 Å². The third kappa shape index (κ3) is 4.32. The highest BCUT2D eigenvalue weighted by atomic mass is 16.5. The van der Waals surface area contributed by atoms with E-state index in [9.17, 15) is 5.11 Å². The van der Waals surface area contributed by atoms with Gasteiger partial charge in [-0.3, -0.25) is 0 Å². The van der Waals surface area contributed by atoms with Gasteiger partial charge < -0.3 is 9.84 Å². The zero-order valence-electron chi connectivity index (χ0n) is 11.9.